The Kier molecular flexibility index (Phi) is 10.7. The smallest absolute Gasteiger partial charge is 0.411 e. The third-order valence-corrected chi connectivity index (χ3v) is 11.6. The first kappa shape index (κ1) is 36.2. The maximum atomic E-state index is 15.0. The summed E-state index contributed by atoms with van der Waals surface area (Å²) in [5, 5.41) is 8.99. The Morgan fingerprint density at radius 3 is 2.37 bits per heavy atom. The molecule has 272 valence electrons. The van der Waals surface area contributed by atoms with E-state index in [1.165, 1.54) is 45.6 Å². The molecule has 1 fully saturated rings. The molecular formula is C39H42N4O8S. The molecule has 2 aliphatic heterocycles. The fraction of sp³-hybridized carbons (Fsp3) is 0.308. The van der Waals surface area contributed by atoms with E-state index in [2.05, 4.69) is 22.9 Å². The summed E-state index contributed by atoms with van der Waals surface area (Å²) in [6.07, 6.45) is 1.22. The van der Waals surface area contributed by atoms with Gasteiger partial charge in [-0.2, -0.15) is 0 Å². The second-order valence-corrected chi connectivity index (χ2v) is 14.6. The Bertz CT molecular complexity index is 2090. The van der Waals surface area contributed by atoms with Crippen molar-refractivity contribution in [3.05, 3.63) is 107 Å². The van der Waals surface area contributed by atoms with E-state index in [1.807, 2.05) is 12.1 Å². The van der Waals surface area contributed by atoms with E-state index >= 15 is 0 Å². The van der Waals surface area contributed by atoms with Crippen molar-refractivity contribution in [1.29, 1.82) is 0 Å². The third-order valence-electron chi connectivity index (χ3n) is 9.72. The van der Waals surface area contributed by atoms with E-state index < -0.39 is 28.0 Å². The Balaban J connectivity index is 1.44. The molecule has 1 unspecified atom stereocenters. The van der Waals surface area contributed by atoms with Crippen molar-refractivity contribution in [2.24, 2.45) is 0 Å². The number of sulfone groups is 1. The molecule has 4 aromatic carbocycles. The minimum Gasteiger partial charge on any atom is -0.493 e. The van der Waals surface area contributed by atoms with Crippen LogP contribution in [-0.4, -0.2) is 65.6 Å². The van der Waals surface area contributed by atoms with Gasteiger partial charge in [-0.3, -0.25) is 14.9 Å². The molecule has 6 rings (SSSR count). The van der Waals surface area contributed by atoms with Crippen LogP contribution in [0.4, 0.5) is 16.2 Å². The Hall–Kier alpha value is -5.56. The van der Waals surface area contributed by atoms with Crippen molar-refractivity contribution in [3.63, 3.8) is 0 Å². The molecule has 0 spiro atoms. The van der Waals surface area contributed by atoms with Crippen LogP contribution in [0.5, 0.6) is 11.5 Å². The molecule has 2 heterocycles. The van der Waals surface area contributed by atoms with E-state index in [-0.39, 0.29) is 27.5 Å². The van der Waals surface area contributed by atoms with Crippen molar-refractivity contribution in [1.82, 2.24) is 10.2 Å². The van der Waals surface area contributed by atoms with Gasteiger partial charge >= 0.3 is 6.09 Å². The predicted molar refractivity (Wildman–Crippen MR) is 196 cm³/mol. The number of nitrogens with one attached hydrogen (secondary N) is 3. The van der Waals surface area contributed by atoms with Gasteiger partial charge in [-0.25, -0.2) is 13.2 Å². The van der Waals surface area contributed by atoms with Gasteiger partial charge in [0, 0.05) is 35.9 Å². The van der Waals surface area contributed by atoms with Gasteiger partial charge in [0.1, 0.15) is 6.04 Å². The van der Waals surface area contributed by atoms with E-state index in [0.717, 1.165) is 12.0 Å². The number of methoxy groups -OCH3 is 3. The lowest BCUT2D eigenvalue weighted by molar-refractivity contribution is -0.133. The molecule has 4 aromatic rings. The molecule has 13 heteroatoms. The minimum absolute atomic E-state index is 0.0284. The molecule has 3 atom stereocenters. The predicted octanol–water partition coefficient (Wildman–Crippen LogP) is 6.47. The average molecular weight is 727 g/mol. The van der Waals surface area contributed by atoms with E-state index in [9.17, 15) is 22.8 Å². The van der Waals surface area contributed by atoms with Gasteiger partial charge in [0.15, 0.2) is 11.5 Å². The number of carbonyl (C=O) groups excluding carboxylic acids is 3. The zero-order valence-electron chi connectivity index (χ0n) is 29.5. The van der Waals surface area contributed by atoms with Gasteiger partial charge in [-0.15, -0.1) is 0 Å². The lowest BCUT2D eigenvalue weighted by atomic mass is 9.88. The molecule has 52 heavy (non-hydrogen) atoms. The summed E-state index contributed by atoms with van der Waals surface area (Å²) < 4.78 is 44.1. The first-order valence-electron chi connectivity index (χ1n) is 17.1. The van der Waals surface area contributed by atoms with Gasteiger partial charge in [0.25, 0.3) is 5.91 Å². The second kappa shape index (κ2) is 15.4. The average Bonchev–Trinajstić information content (AvgIpc) is 3.67. The van der Waals surface area contributed by atoms with Gasteiger partial charge in [-0.05, 0) is 90.6 Å². The van der Waals surface area contributed by atoms with Gasteiger partial charge in [0.05, 0.1) is 37.2 Å². The fourth-order valence-corrected chi connectivity index (χ4v) is 8.54. The van der Waals surface area contributed by atoms with Crippen LogP contribution in [0.3, 0.4) is 0 Å². The van der Waals surface area contributed by atoms with Gasteiger partial charge in [-0.1, -0.05) is 37.3 Å². The lowest BCUT2D eigenvalue weighted by Gasteiger charge is -2.32. The topological polar surface area (TPSA) is 152 Å². The quantitative estimate of drug-likeness (QED) is 0.158. The number of rotatable bonds is 11. The second-order valence-electron chi connectivity index (χ2n) is 12.7. The van der Waals surface area contributed by atoms with Crippen LogP contribution in [0, 0.1) is 0 Å². The van der Waals surface area contributed by atoms with Crippen LogP contribution < -0.4 is 25.4 Å². The molecule has 0 bridgehead atoms. The molecule has 3 amide bonds. The van der Waals surface area contributed by atoms with Crippen LogP contribution >= 0.6 is 0 Å². The zero-order valence-corrected chi connectivity index (χ0v) is 30.3. The largest absolute Gasteiger partial charge is 0.493 e. The number of hydrogen-bond donors (Lipinski definition) is 3. The summed E-state index contributed by atoms with van der Waals surface area (Å²) in [7, 11) is 0.245. The molecular weight excluding hydrogens is 685 g/mol. The molecule has 1 saturated heterocycles. The van der Waals surface area contributed by atoms with Crippen LogP contribution in [0.1, 0.15) is 71.2 Å². The molecule has 0 aromatic heterocycles. The summed E-state index contributed by atoms with van der Waals surface area (Å²) in [5.41, 5.74) is 3.32. The number of amides is 3. The first-order chi connectivity index (χ1) is 25.1. The standard InChI is InChI=1S/C39H42N4O8S/c1-5-24-23-40-37(44)30-21-26(14-16-29(24)30)41-36(25-13-17-33(49-2)34(20-25)50-3)38(45)43-19-9-12-32(43)31-22-27(42-39(46)51-4)15-18-35(31)52(47,48)28-10-7-6-8-11-28/h6-8,10-11,13-18,20-22,24,32,36,41H,5,9,12,19,23H2,1-4H3,(H,40,44)(H,42,46)/t24-,32-,36?/m1/s1. The van der Waals surface area contributed by atoms with E-state index in [1.54, 1.807) is 53.4 Å². The number of fused-ring (bicyclic) bond motifs is 1. The maximum absolute atomic E-state index is 15.0. The highest BCUT2D eigenvalue weighted by Crippen LogP contribution is 2.41. The zero-order chi connectivity index (χ0) is 37.0. The van der Waals surface area contributed by atoms with Crippen LogP contribution in [0.15, 0.2) is 94.7 Å². The minimum atomic E-state index is -4.03. The number of benzene rings is 4. The summed E-state index contributed by atoms with van der Waals surface area (Å²) >= 11 is 0. The van der Waals surface area contributed by atoms with Crippen molar-refractivity contribution >= 4 is 39.1 Å². The Morgan fingerprint density at radius 1 is 0.904 bits per heavy atom. The Morgan fingerprint density at radius 2 is 1.65 bits per heavy atom. The Labute approximate surface area is 303 Å². The molecule has 0 radical (unpaired) electrons. The van der Waals surface area contributed by atoms with Crippen molar-refractivity contribution in [2.45, 2.75) is 54.0 Å². The van der Waals surface area contributed by atoms with Crippen molar-refractivity contribution in [2.75, 3.05) is 45.1 Å². The van der Waals surface area contributed by atoms with Crippen LogP contribution in [0.2, 0.25) is 0 Å². The first-order valence-corrected chi connectivity index (χ1v) is 18.6. The highest BCUT2D eigenvalue weighted by molar-refractivity contribution is 7.91. The van der Waals surface area contributed by atoms with Crippen molar-refractivity contribution in [3.8, 4) is 11.5 Å². The summed E-state index contributed by atoms with van der Waals surface area (Å²) in [5.74, 6) is 0.590. The number of hydrogen-bond acceptors (Lipinski definition) is 9. The summed E-state index contributed by atoms with van der Waals surface area (Å²) in [4.78, 5) is 41.9. The maximum Gasteiger partial charge on any atom is 0.411 e. The third kappa shape index (κ3) is 7.13. The monoisotopic (exact) mass is 726 g/mol. The summed E-state index contributed by atoms with van der Waals surface area (Å²) in [6, 6.07) is 21.8. The molecule has 0 saturated carbocycles. The lowest BCUT2D eigenvalue weighted by Crippen LogP contribution is -2.38. The van der Waals surface area contributed by atoms with E-state index in [0.29, 0.717) is 65.5 Å². The van der Waals surface area contributed by atoms with Crippen molar-refractivity contribution < 1.29 is 37.0 Å². The molecule has 3 N–H and O–H groups in total. The van der Waals surface area contributed by atoms with E-state index in [4.69, 9.17) is 14.2 Å². The number of anilines is 2. The number of ether oxygens (including phenoxy) is 3. The normalized spacial score (nSPS) is 17.4. The SMILES string of the molecule is CC[C@@H]1CNC(=O)c2cc(NC(C(=O)N3CCC[C@@H]3c3cc(NC(=O)OC)ccc3S(=O)(=O)c3ccccc3)c3ccc(OC)c(OC)c3)ccc21. The number of likely N-dealkylation sites (tertiary alicyclic amines) is 1. The highest BCUT2D eigenvalue weighted by Gasteiger charge is 2.38. The fourth-order valence-electron chi connectivity index (χ4n) is 7.02. The number of nitrogens with zero attached hydrogens (tertiary/aromatic N) is 1. The molecule has 0 aliphatic carbocycles. The summed E-state index contributed by atoms with van der Waals surface area (Å²) in [6.45, 7) is 2.99. The number of carbonyl (C=O) groups is 3. The van der Waals surface area contributed by atoms with Gasteiger partial charge in [0.2, 0.25) is 15.7 Å². The molecule has 12 nitrogen and oxygen atoms in total. The van der Waals surface area contributed by atoms with Crippen LogP contribution in [0.25, 0.3) is 0 Å². The highest BCUT2D eigenvalue weighted by atomic mass is 32.2. The van der Waals surface area contributed by atoms with Gasteiger partial charge < -0.3 is 29.7 Å². The molecule has 2 aliphatic rings. The van der Waals surface area contributed by atoms with Crippen LogP contribution in [-0.2, 0) is 19.4 Å².